The van der Waals surface area contributed by atoms with Crippen molar-refractivity contribution in [3.8, 4) is 16.9 Å². The van der Waals surface area contributed by atoms with Crippen molar-refractivity contribution in [2.45, 2.75) is 0 Å². The minimum absolute atomic E-state index is 0.240. The average Bonchev–Trinajstić information content (AvgIpc) is 3.30. The molecule has 0 aliphatic heterocycles. The number of anilines is 1. The van der Waals surface area contributed by atoms with Gasteiger partial charge in [-0.25, -0.2) is 9.48 Å². The fourth-order valence-corrected chi connectivity index (χ4v) is 3.17. The summed E-state index contributed by atoms with van der Waals surface area (Å²) in [5, 5.41) is 7.17. The number of hydrogen-bond donors (Lipinski definition) is 2. The van der Waals surface area contributed by atoms with Crippen molar-refractivity contribution in [3.63, 3.8) is 0 Å². The second kappa shape index (κ2) is 9.61. The van der Waals surface area contributed by atoms with Gasteiger partial charge in [0.1, 0.15) is 11.3 Å². The van der Waals surface area contributed by atoms with Gasteiger partial charge in [-0.05, 0) is 36.4 Å². The molecule has 4 rings (SSSR count). The highest BCUT2D eigenvalue weighted by atomic mass is 16.5. The molecule has 1 aromatic heterocycles. The lowest BCUT2D eigenvalue weighted by molar-refractivity contribution is -0.119. The van der Waals surface area contributed by atoms with Crippen LogP contribution in [-0.2, 0) is 9.53 Å². The first-order valence-electron chi connectivity index (χ1n) is 10.1. The Labute approximate surface area is 189 Å². The van der Waals surface area contributed by atoms with Crippen LogP contribution in [0, 0.1) is 0 Å². The van der Waals surface area contributed by atoms with Gasteiger partial charge >= 0.3 is 5.97 Å². The normalized spacial score (nSPS) is 10.4. The standard InChI is InChI=1S/C25H20N4O4/c26-24(31)18-11-13-19(14-12-18)27-22(30)16-33-25(32)21-15-29(20-9-5-2-6-10-20)28-23(21)17-7-3-1-4-8-17/h1-15H,16H2,(H2,26,31)(H,27,30). The lowest BCUT2D eigenvalue weighted by Crippen LogP contribution is -2.21. The molecule has 3 N–H and O–H groups in total. The van der Waals surface area contributed by atoms with Crippen LogP contribution in [0.2, 0.25) is 0 Å². The first-order chi connectivity index (χ1) is 16.0. The van der Waals surface area contributed by atoms with Crippen LogP contribution in [0.15, 0.2) is 91.1 Å². The number of nitrogens with two attached hydrogens (primary N) is 1. The number of carbonyl (C=O) groups excluding carboxylic acids is 3. The van der Waals surface area contributed by atoms with E-state index < -0.39 is 24.4 Å². The van der Waals surface area contributed by atoms with Gasteiger partial charge < -0.3 is 15.8 Å². The predicted molar refractivity (Wildman–Crippen MR) is 123 cm³/mol. The summed E-state index contributed by atoms with van der Waals surface area (Å²) in [6.45, 7) is -0.485. The largest absolute Gasteiger partial charge is 0.452 e. The van der Waals surface area contributed by atoms with Crippen molar-refractivity contribution >= 4 is 23.5 Å². The highest BCUT2D eigenvalue weighted by Gasteiger charge is 2.21. The molecular weight excluding hydrogens is 420 g/mol. The number of para-hydroxylation sites is 1. The first-order valence-corrected chi connectivity index (χ1v) is 10.1. The Morgan fingerprint density at radius 1 is 0.879 bits per heavy atom. The summed E-state index contributed by atoms with van der Waals surface area (Å²) in [6, 6.07) is 24.7. The lowest BCUT2D eigenvalue weighted by atomic mass is 10.1. The molecule has 0 spiro atoms. The third-order valence-corrected chi connectivity index (χ3v) is 4.79. The van der Waals surface area contributed by atoms with E-state index in [9.17, 15) is 14.4 Å². The number of primary amides is 1. The number of rotatable bonds is 7. The van der Waals surface area contributed by atoms with E-state index in [-0.39, 0.29) is 5.56 Å². The van der Waals surface area contributed by atoms with Crippen molar-refractivity contribution in [3.05, 3.63) is 102 Å². The number of nitrogens with zero attached hydrogens (tertiary/aromatic N) is 2. The average molecular weight is 440 g/mol. The Morgan fingerprint density at radius 3 is 2.15 bits per heavy atom. The van der Waals surface area contributed by atoms with E-state index in [2.05, 4.69) is 10.4 Å². The first kappa shape index (κ1) is 21.5. The number of hydrogen-bond acceptors (Lipinski definition) is 5. The summed E-state index contributed by atoms with van der Waals surface area (Å²) < 4.78 is 6.85. The van der Waals surface area contributed by atoms with Crippen LogP contribution >= 0.6 is 0 Å². The third kappa shape index (κ3) is 5.13. The molecule has 0 aliphatic rings. The number of ether oxygens (including phenoxy) is 1. The summed E-state index contributed by atoms with van der Waals surface area (Å²) in [5.74, 6) is -1.76. The van der Waals surface area contributed by atoms with Crippen molar-refractivity contribution < 1.29 is 19.1 Å². The Kier molecular flexibility index (Phi) is 6.26. The molecule has 2 amide bonds. The quantitative estimate of drug-likeness (QED) is 0.427. The zero-order chi connectivity index (χ0) is 23.2. The van der Waals surface area contributed by atoms with Gasteiger partial charge in [-0.15, -0.1) is 0 Å². The molecule has 3 aromatic carbocycles. The number of nitrogens with one attached hydrogen (secondary N) is 1. The summed E-state index contributed by atoms with van der Waals surface area (Å²) >= 11 is 0. The Hall–Kier alpha value is -4.72. The van der Waals surface area contributed by atoms with Crippen molar-refractivity contribution in [1.29, 1.82) is 0 Å². The SMILES string of the molecule is NC(=O)c1ccc(NC(=O)COC(=O)c2cn(-c3ccccc3)nc2-c2ccccc2)cc1. The highest BCUT2D eigenvalue weighted by Crippen LogP contribution is 2.24. The molecule has 1 heterocycles. The van der Waals surface area contributed by atoms with Gasteiger partial charge in [0.2, 0.25) is 5.91 Å². The van der Waals surface area contributed by atoms with Gasteiger partial charge in [-0.2, -0.15) is 5.10 Å². The summed E-state index contributed by atoms with van der Waals surface area (Å²) in [5.41, 5.74) is 8.20. The molecule has 0 unspecified atom stereocenters. The second-order valence-electron chi connectivity index (χ2n) is 7.10. The topological polar surface area (TPSA) is 116 Å². The summed E-state index contributed by atoms with van der Waals surface area (Å²) in [6.07, 6.45) is 1.58. The Bertz CT molecular complexity index is 1280. The molecule has 8 nitrogen and oxygen atoms in total. The Balaban J connectivity index is 1.49. The number of esters is 1. The van der Waals surface area contributed by atoms with Crippen LogP contribution < -0.4 is 11.1 Å². The molecule has 0 radical (unpaired) electrons. The minimum Gasteiger partial charge on any atom is -0.452 e. The lowest BCUT2D eigenvalue weighted by Gasteiger charge is -2.07. The third-order valence-electron chi connectivity index (χ3n) is 4.79. The van der Waals surface area contributed by atoms with Crippen LogP contribution in [0.5, 0.6) is 0 Å². The maximum absolute atomic E-state index is 12.9. The van der Waals surface area contributed by atoms with E-state index in [4.69, 9.17) is 10.5 Å². The minimum atomic E-state index is -0.671. The summed E-state index contributed by atoms with van der Waals surface area (Å²) in [7, 11) is 0. The smallest absolute Gasteiger partial charge is 0.342 e. The van der Waals surface area contributed by atoms with Gasteiger partial charge in [-0.3, -0.25) is 9.59 Å². The van der Waals surface area contributed by atoms with Gasteiger partial charge in [-0.1, -0.05) is 48.5 Å². The van der Waals surface area contributed by atoms with Gasteiger partial charge in [0.15, 0.2) is 6.61 Å². The molecule has 0 fully saturated rings. The Morgan fingerprint density at radius 2 is 1.52 bits per heavy atom. The molecule has 0 bridgehead atoms. The molecule has 0 saturated heterocycles. The van der Waals surface area contributed by atoms with Crippen LogP contribution in [0.25, 0.3) is 16.9 Å². The molecule has 8 heteroatoms. The number of aromatic nitrogens is 2. The van der Waals surface area contributed by atoms with Crippen LogP contribution in [0.4, 0.5) is 5.69 Å². The number of amides is 2. The molecule has 0 saturated carbocycles. The van der Waals surface area contributed by atoms with Gasteiger partial charge in [0, 0.05) is 23.0 Å². The monoisotopic (exact) mass is 440 g/mol. The maximum Gasteiger partial charge on any atom is 0.342 e. The van der Waals surface area contributed by atoms with Crippen LogP contribution in [-0.4, -0.2) is 34.2 Å². The molecule has 0 atom stereocenters. The van der Waals surface area contributed by atoms with E-state index in [0.717, 1.165) is 11.3 Å². The van der Waals surface area contributed by atoms with E-state index >= 15 is 0 Å². The second-order valence-corrected chi connectivity index (χ2v) is 7.10. The molecule has 33 heavy (non-hydrogen) atoms. The van der Waals surface area contributed by atoms with Crippen LogP contribution in [0.1, 0.15) is 20.7 Å². The molecule has 4 aromatic rings. The van der Waals surface area contributed by atoms with Crippen LogP contribution in [0.3, 0.4) is 0 Å². The zero-order valence-corrected chi connectivity index (χ0v) is 17.5. The fraction of sp³-hybridized carbons (Fsp3) is 0.0400. The van der Waals surface area contributed by atoms with Crippen molar-refractivity contribution in [2.24, 2.45) is 5.73 Å². The number of carbonyl (C=O) groups is 3. The van der Waals surface area contributed by atoms with Gasteiger partial charge in [0.25, 0.3) is 5.91 Å². The van der Waals surface area contributed by atoms with Crippen molar-refractivity contribution in [2.75, 3.05) is 11.9 Å². The summed E-state index contributed by atoms with van der Waals surface area (Å²) in [4.78, 5) is 36.2. The maximum atomic E-state index is 12.9. The number of benzene rings is 3. The molecule has 164 valence electrons. The van der Waals surface area contributed by atoms with E-state index in [1.54, 1.807) is 10.9 Å². The van der Waals surface area contributed by atoms with E-state index in [1.807, 2.05) is 60.7 Å². The van der Waals surface area contributed by atoms with E-state index in [0.29, 0.717) is 16.9 Å². The highest BCUT2D eigenvalue weighted by molar-refractivity contribution is 5.99. The predicted octanol–water partition coefficient (Wildman–Crippen LogP) is 3.43. The molecular formula is C25H20N4O4. The fourth-order valence-electron chi connectivity index (χ4n) is 3.17. The van der Waals surface area contributed by atoms with E-state index in [1.165, 1.54) is 24.3 Å². The molecule has 0 aliphatic carbocycles. The van der Waals surface area contributed by atoms with Crippen molar-refractivity contribution in [1.82, 2.24) is 9.78 Å². The van der Waals surface area contributed by atoms with Gasteiger partial charge in [0.05, 0.1) is 5.69 Å². The zero-order valence-electron chi connectivity index (χ0n) is 17.5.